The molecule has 0 saturated heterocycles. The molecule has 0 spiro atoms. The molecule has 2 aromatic rings. The number of rotatable bonds is 1. The number of H-pyrrole nitrogens is 1. The average molecular weight is 205 g/mol. The Hall–Kier alpha value is -1.75. The molecule has 2 heterocycles. The van der Waals surface area contributed by atoms with Crippen molar-refractivity contribution in [2.75, 3.05) is 0 Å². The van der Waals surface area contributed by atoms with Gasteiger partial charge in [-0.05, 0) is 24.4 Å². The highest BCUT2D eigenvalue weighted by molar-refractivity contribution is 7.71. The topological polar surface area (TPSA) is 50.7 Å². The number of pyridine rings is 1. The highest BCUT2D eigenvalue weighted by atomic mass is 32.1. The van der Waals surface area contributed by atoms with Gasteiger partial charge in [-0.15, -0.1) is 0 Å². The first-order chi connectivity index (χ1) is 6.79. The Kier molecular flexibility index (Phi) is 2.24. The fourth-order valence-electron chi connectivity index (χ4n) is 1.16. The van der Waals surface area contributed by atoms with E-state index in [0.717, 1.165) is 0 Å². The zero-order chi connectivity index (χ0) is 9.97. The van der Waals surface area contributed by atoms with Crippen molar-refractivity contribution >= 4 is 12.2 Å². The van der Waals surface area contributed by atoms with E-state index in [1.54, 1.807) is 24.5 Å². The summed E-state index contributed by atoms with van der Waals surface area (Å²) in [5.74, 6) is 0. The zero-order valence-corrected chi connectivity index (χ0v) is 7.99. The fourth-order valence-corrected chi connectivity index (χ4v) is 1.42. The van der Waals surface area contributed by atoms with Gasteiger partial charge in [0.2, 0.25) is 0 Å². The van der Waals surface area contributed by atoms with Crippen LogP contribution in [0.25, 0.3) is 5.69 Å². The van der Waals surface area contributed by atoms with Crippen LogP contribution in [0.1, 0.15) is 0 Å². The summed E-state index contributed by atoms with van der Waals surface area (Å²) in [6, 6.07) is 4.88. The lowest BCUT2D eigenvalue weighted by molar-refractivity contribution is 0.910. The highest BCUT2D eigenvalue weighted by Crippen LogP contribution is 2.01. The van der Waals surface area contributed by atoms with Crippen molar-refractivity contribution in [3.8, 4) is 5.69 Å². The number of hydrogen-bond acceptors (Lipinski definition) is 3. The molecule has 2 rings (SSSR count). The van der Waals surface area contributed by atoms with Gasteiger partial charge in [0.05, 0.1) is 5.69 Å². The van der Waals surface area contributed by atoms with E-state index in [2.05, 4.69) is 9.97 Å². The first kappa shape index (κ1) is 8.83. The Labute approximate surface area is 84.9 Å². The third kappa shape index (κ3) is 1.49. The van der Waals surface area contributed by atoms with Crippen molar-refractivity contribution < 1.29 is 0 Å². The molecule has 0 unspecified atom stereocenters. The standard InChI is InChI=1S/C9H7N3OS/c13-8-3-6-11-9(14)12(8)7-1-4-10-5-2-7/h1-6H,(H,11,14). The van der Waals surface area contributed by atoms with Crippen LogP contribution in [0.3, 0.4) is 0 Å². The van der Waals surface area contributed by atoms with Gasteiger partial charge in [0.1, 0.15) is 0 Å². The smallest absolute Gasteiger partial charge is 0.258 e. The molecule has 0 fully saturated rings. The van der Waals surface area contributed by atoms with Crippen molar-refractivity contribution in [2.24, 2.45) is 0 Å². The summed E-state index contributed by atoms with van der Waals surface area (Å²) in [5.41, 5.74) is 0.562. The van der Waals surface area contributed by atoms with Crippen molar-refractivity contribution in [3.63, 3.8) is 0 Å². The molecule has 0 aliphatic carbocycles. The molecule has 14 heavy (non-hydrogen) atoms. The largest absolute Gasteiger partial charge is 0.338 e. The maximum atomic E-state index is 11.5. The molecule has 0 saturated carbocycles. The second-order valence-electron chi connectivity index (χ2n) is 2.66. The molecule has 0 aromatic carbocycles. The van der Waals surface area contributed by atoms with Crippen LogP contribution < -0.4 is 5.56 Å². The van der Waals surface area contributed by atoms with E-state index in [1.165, 1.54) is 16.8 Å². The number of aromatic amines is 1. The van der Waals surface area contributed by atoms with Crippen LogP contribution in [0.15, 0.2) is 41.6 Å². The van der Waals surface area contributed by atoms with Crippen LogP contribution in [-0.4, -0.2) is 14.5 Å². The Morgan fingerprint density at radius 2 is 2.00 bits per heavy atom. The van der Waals surface area contributed by atoms with Gasteiger partial charge in [-0.25, -0.2) is 0 Å². The predicted molar refractivity (Wildman–Crippen MR) is 55.0 cm³/mol. The first-order valence-corrected chi connectivity index (χ1v) is 4.41. The summed E-state index contributed by atoms with van der Waals surface area (Å²) < 4.78 is 1.79. The first-order valence-electron chi connectivity index (χ1n) is 4.00. The maximum absolute atomic E-state index is 11.5. The minimum Gasteiger partial charge on any atom is -0.338 e. The number of hydrogen-bond donors (Lipinski definition) is 1. The van der Waals surface area contributed by atoms with Crippen LogP contribution >= 0.6 is 12.2 Å². The van der Waals surface area contributed by atoms with Gasteiger partial charge < -0.3 is 4.98 Å². The van der Waals surface area contributed by atoms with Crippen LogP contribution in [0, 0.1) is 4.77 Å². The normalized spacial score (nSPS) is 10.0. The van der Waals surface area contributed by atoms with E-state index < -0.39 is 0 Å². The van der Waals surface area contributed by atoms with E-state index in [0.29, 0.717) is 10.5 Å². The van der Waals surface area contributed by atoms with Crippen molar-refractivity contribution in [1.29, 1.82) is 0 Å². The SMILES string of the molecule is O=c1cc[nH]c(=S)n1-c1ccncc1. The van der Waals surface area contributed by atoms with Gasteiger partial charge in [-0.2, -0.15) is 0 Å². The second-order valence-corrected chi connectivity index (χ2v) is 3.05. The highest BCUT2D eigenvalue weighted by Gasteiger charge is 1.98. The van der Waals surface area contributed by atoms with E-state index in [4.69, 9.17) is 12.2 Å². The van der Waals surface area contributed by atoms with Gasteiger partial charge in [0.15, 0.2) is 4.77 Å². The van der Waals surface area contributed by atoms with Crippen molar-refractivity contribution in [3.05, 3.63) is 51.9 Å². The van der Waals surface area contributed by atoms with Crippen molar-refractivity contribution in [2.45, 2.75) is 0 Å². The lowest BCUT2D eigenvalue weighted by Crippen LogP contribution is -2.18. The molecular formula is C9H7N3OS. The van der Waals surface area contributed by atoms with E-state index in [1.807, 2.05) is 0 Å². The van der Waals surface area contributed by atoms with Gasteiger partial charge in [-0.3, -0.25) is 14.3 Å². The second kappa shape index (κ2) is 3.55. The van der Waals surface area contributed by atoms with Gasteiger partial charge >= 0.3 is 0 Å². The summed E-state index contributed by atoms with van der Waals surface area (Å²) >= 11 is 5.01. The fraction of sp³-hybridized carbons (Fsp3) is 0. The summed E-state index contributed by atoms with van der Waals surface area (Å²) in [6.45, 7) is 0. The summed E-state index contributed by atoms with van der Waals surface area (Å²) in [7, 11) is 0. The molecule has 4 nitrogen and oxygen atoms in total. The lowest BCUT2D eigenvalue weighted by Gasteiger charge is -2.03. The van der Waals surface area contributed by atoms with Crippen LogP contribution in [0.2, 0.25) is 0 Å². The number of nitrogens with one attached hydrogen (secondary N) is 1. The number of aromatic nitrogens is 3. The maximum Gasteiger partial charge on any atom is 0.258 e. The molecule has 0 atom stereocenters. The minimum atomic E-state index is -0.153. The summed E-state index contributed by atoms with van der Waals surface area (Å²) in [6.07, 6.45) is 4.76. The lowest BCUT2D eigenvalue weighted by atomic mass is 10.4. The predicted octanol–water partition coefficient (Wildman–Crippen LogP) is 1.29. The van der Waals surface area contributed by atoms with Gasteiger partial charge in [0, 0.05) is 24.7 Å². The molecule has 5 heteroatoms. The molecule has 0 bridgehead atoms. The van der Waals surface area contributed by atoms with Gasteiger partial charge in [-0.1, -0.05) is 0 Å². The third-order valence-electron chi connectivity index (χ3n) is 1.78. The van der Waals surface area contributed by atoms with E-state index in [-0.39, 0.29) is 5.56 Å². The molecular weight excluding hydrogens is 198 g/mol. The van der Waals surface area contributed by atoms with Crippen LogP contribution in [0.5, 0.6) is 0 Å². The Morgan fingerprint density at radius 3 is 2.64 bits per heavy atom. The molecule has 0 aliphatic heterocycles. The zero-order valence-electron chi connectivity index (χ0n) is 7.18. The Bertz CT molecular complexity index is 515. The Balaban J connectivity index is 2.76. The molecule has 1 N–H and O–H groups in total. The molecule has 2 aromatic heterocycles. The van der Waals surface area contributed by atoms with Crippen LogP contribution in [-0.2, 0) is 0 Å². The third-order valence-corrected chi connectivity index (χ3v) is 2.08. The molecule has 0 aliphatic rings. The molecule has 0 amide bonds. The van der Waals surface area contributed by atoms with Crippen molar-refractivity contribution in [1.82, 2.24) is 14.5 Å². The molecule has 70 valence electrons. The summed E-state index contributed by atoms with van der Waals surface area (Å²) in [5, 5.41) is 0. The molecule has 0 radical (unpaired) electrons. The monoisotopic (exact) mass is 205 g/mol. The van der Waals surface area contributed by atoms with E-state index >= 15 is 0 Å². The Morgan fingerprint density at radius 1 is 1.29 bits per heavy atom. The summed E-state index contributed by atoms with van der Waals surface area (Å²) in [4.78, 5) is 18.2. The number of nitrogens with zero attached hydrogens (tertiary/aromatic N) is 2. The minimum absolute atomic E-state index is 0.153. The quantitative estimate of drug-likeness (QED) is 0.714. The van der Waals surface area contributed by atoms with Gasteiger partial charge in [0.25, 0.3) is 5.56 Å². The van der Waals surface area contributed by atoms with Crippen LogP contribution in [0.4, 0.5) is 0 Å². The average Bonchev–Trinajstić information content (AvgIpc) is 2.19. The van der Waals surface area contributed by atoms with E-state index in [9.17, 15) is 4.79 Å².